The van der Waals surface area contributed by atoms with E-state index in [0.717, 1.165) is 25.2 Å². The van der Waals surface area contributed by atoms with E-state index in [-0.39, 0.29) is 0 Å². The monoisotopic (exact) mass is 231 g/mol. The Hall–Kier alpha value is -1.79. The summed E-state index contributed by atoms with van der Waals surface area (Å²) >= 11 is 0. The van der Waals surface area contributed by atoms with Crippen LogP contribution in [0.4, 0.5) is 0 Å². The smallest absolute Gasteiger partial charge is 0.119 e. The first-order valence-corrected chi connectivity index (χ1v) is 5.68. The Balaban J connectivity index is 2.09. The molecular formula is C14H17NO2. The van der Waals surface area contributed by atoms with E-state index in [1.807, 2.05) is 6.08 Å². The van der Waals surface area contributed by atoms with Crippen LogP contribution in [-0.2, 0) is 4.74 Å². The van der Waals surface area contributed by atoms with Crippen LogP contribution >= 0.6 is 0 Å². The summed E-state index contributed by atoms with van der Waals surface area (Å²) in [5, 5.41) is 8.63. The third-order valence-electron chi connectivity index (χ3n) is 2.15. The highest BCUT2D eigenvalue weighted by Crippen LogP contribution is 2.11. The maximum atomic E-state index is 8.63. The predicted molar refractivity (Wildman–Crippen MR) is 66.9 cm³/mol. The van der Waals surface area contributed by atoms with Crippen molar-refractivity contribution in [1.29, 1.82) is 5.26 Å². The highest BCUT2D eigenvalue weighted by Gasteiger charge is 1.94. The molecule has 0 radical (unpaired) electrons. The lowest BCUT2D eigenvalue weighted by atomic mass is 10.2. The van der Waals surface area contributed by atoms with Crippen LogP contribution in [0.5, 0.6) is 5.75 Å². The minimum absolute atomic E-state index is 0.625. The number of rotatable bonds is 8. The Morgan fingerprint density at radius 3 is 2.59 bits per heavy atom. The van der Waals surface area contributed by atoms with Crippen molar-refractivity contribution in [3.8, 4) is 11.8 Å². The quantitative estimate of drug-likeness (QED) is 0.510. The zero-order chi connectivity index (χ0) is 12.3. The molecule has 0 atom stereocenters. The minimum Gasteiger partial charge on any atom is -0.494 e. The summed E-state index contributed by atoms with van der Waals surface area (Å²) in [6, 6.07) is 9.16. The summed E-state index contributed by atoms with van der Waals surface area (Å²) in [7, 11) is 0. The summed E-state index contributed by atoms with van der Waals surface area (Å²) in [6.07, 6.45) is 3.58. The van der Waals surface area contributed by atoms with E-state index in [9.17, 15) is 0 Å². The average Bonchev–Trinajstić information content (AvgIpc) is 2.38. The third-order valence-corrected chi connectivity index (χ3v) is 2.15. The molecule has 0 spiro atoms. The summed E-state index contributed by atoms with van der Waals surface area (Å²) in [6.45, 7) is 5.67. The topological polar surface area (TPSA) is 42.2 Å². The van der Waals surface area contributed by atoms with Gasteiger partial charge in [-0.05, 0) is 30.7 Å². The molecule has 0 aromatic heterocycles. The standard InChI is InChI=1S/C14H17NO2/c1-2-3-9-16-10-4-11-17-14-7-5-13(12-15)6-8-14/h2,5-8H,1,3-4,9-11H2. The lowest BCUT2D eigenvalue weighted by Crippen LogP contribution is -2.03. The molecule has 0 saturated heterocycles. The molecule has 0 unspecified atom stereocenters. The van der Waals surface area contributed by atoms with E-state index in [4.69, 9.17) is 14.7 Å². The van der Waals surface area contributed by atoms with Crippen molar-refractivity contribution in [2.45, 2.75) is 12.8 Å². The molecule has 0 aliphatic carbocycles. The van der Waals surface area contributed by atoms with Gasteiger partial charge in [0.25, 0.3) is 0 Å². The summed E-state index contributed by atoms with van der Waals surface area (Å²) < 4.78 is 10.9. The van der Waals surface area contributed by atoms with Crippen LogP contribution < -0.4 is 4.74 Å². The van der Waals surface area contributed by atoms with Gasteiger partial charge in [-0.3, -0.25) is 0 Å². The summed E-state index contributed by atoms with van der Waals surface area (Å²) in [5.41, 5.74) is 0.644. The molecule has 0 N–H and O–H groups in total. The number of ether oxygens (including phenoxy) is 2. The van der Waals surface area contributed by atoms with Crippen molar-refractivity contribution >= 4 is 0 Å². The first kappa shape index (κ1) is 13.3. The zero-order valence-corrected chi connectivity index (χ0v) is 9.89. The lowest BCUT2D eigenvalue weighted by Gasteiger charge is -2.06. The van der Waals surface area contributed by atoms with Gasteiger partial charge in [-0.2, -0.15) is 5.26 Å². The Kier molecular flexibility index (Phi) is 6.54. The van der Waals surface area contributed by atoms with E-state index in [1.165, 1.54) is 0 Å². The van der Waals surface area contributed by atoms with Crippen molar-refractivity contribution in [2.24, 2.45) is 0 Å². The van der Waals surface area contributed by atoms with Crippen LogP contribution in [0, 0.1) is 11.3 Å². The number of nitrogens with zero attached hydrogens (tertiary/aromatic N) is 1. The third kappa shape index (κ3) is 5.74. The molecule has 0 fully saturated rings. The Morgan fingerprint density at radius 2 is 1.94 bits per heavy atom. The normalized spacial score (nSPS) is 9.59. The highest BCUT2D eigenvalue weighted by atomic mass is 16.5. The first-order chi connectivity index (χ1) is 8.36. The molecule has 1 aromatic rings. The molecule has 0 saturated carbocycles. The zero-order valence-electron chi connectivity index (χ0n) is 9.89. The van der Waals surface area contributed by atoms with E-state index >= 15 is 0 Å². The molecule has 0 bridgehead atoms. The van der Waals surface area contributed by atoms with Crippen molar-refractivity contribution in [3.63, 3.8) is 0 Å². The van der Waals surface area contributed by atoms with Gasteiger partial charge >= 0.3 is 0 Å². The minimum atomic E-state index is 0.625. The van der Waals surface area contributed by atoms with Crippen LogP contribution in [0.2, 0.25) is 0 Å². The van der Waals surface area contributed by atoms with Gasteiger partial charge in [0.05, 0.1) is 18.2 Å². The van der Waals surface area contributed by atoms with Gasteiger partial charge < -0.3 is 9.47 Å². The highest BCUT2D eigenvalue weighted by molar-refractivity contribution is 5.34. The Morgan fingerprint density at radius 1 is 1.18 bits per heavy atom. The number of hydrogen-bond donors (Lipinski definition) is 0. The maximum absolute atomic E-state index is 8.63. The second-order valence-corrected chi connectivity index (χ2v) is 3.53. The molecule has 0 amide bonds. The maximum Gasteiger partial charge on any atom is 0.119 e. The second-order valence-electron chi connectivity index (χ2n) is 3.53. The van der Waals surface area contributed by atoms with Crippen molar-refractivity contribution in [1.82, 2.24) is 0 Å². The number of nitriles is 1. The fourth-order valence-electron chi connectivity index (χ4n) is 1.25. The fourth-order valence-corrected chi connectivity index (χ4v) is 1.25. The van der Waals surface area contributed by atoms with Crippen LogP contribution in [0.25, 0.3) is 0 Å². The molecule has 17 heavy (non-hydrogen) atoms. The second kappa shape index (κ2) is 8.37. The Bertz CT molecular complexity index is 365. The fraction of sp³-hybridized carbons (Fsp3) is 0.357. The van der Waals surface area contributed by atoms with E-state index in [2.05, 4.69) is 12.6 Å². The number of benzene rings is 1. The van der Waals surface area contributed by atoms with Gasteiger partial charge in [0.15, 0.2) is 0 Å². The van der Waals surface area contributed by atoms with Crippen molar-refractivity contribution in [3.05, 3.63) is 42.5 Å². The average molecular weight is 231 g/mol. The van der Waals surface area contributed by atoms with Gasteiger partial charge in [0, 0.05) is 19.6 Å². The molecule has 3 heteroatoms. The molecule has 90 valence electrons. The number of hydrogen-bond acceptors (Lipinski definition) is 3. The van der Waals surface area contributed by atoms with Crippen LogP contribution in [-0.4, -0.2) is 19.8 Å². The van der Waals surface area contributed by atoms with Crippen molar-refractivity contribution in [2.75, 3.05) is 19.8 Å². The molecule has 0 heterocycles. The van der Waals surface area contributed by atoms with Gasteiger partial charge in [-0.1, -0.05) is 6.08 Å². The van der Waals surface area contributed by atoms with Gasteiger partial charge in [0.2, 0.25) is 0 Å². The SMILES string of the molecule is C=CCCOCCCOc1ccc(C#N)cc1. The predicted octanol–water partition coefficient (Wildman–Crippen LogP) is 2.92. The Labute approximate surface area is 102 Å². The van der Waals surface area contributed by atoms with Gasteiger partial charge in [-0.15, -0.1) is 6.58 Å². The van der Waals surface area contributed by atoms with Crippen LogP contribution in [0.3, 0.4) is 0 Å². The lowest BCUT2D eigenvalue weighted by molar-refractivity contribution is 0.123. The largest absolute Gasteiger partial charge is 0.494 e. The van der Waals surface area contributed by atoms with Crippen LogP contribution in [0.15, 0.2) is 36.9 Å². The van der Waals surface area contributed by atoms with Crippen molar-refractivity contribution < 1.29 is 9.47 Å². The van der Waals surface area contributed by atoms with Crippen LogP contribution in [0.1, 0.15) is 18.4 Å². The van der Waals surface area contributed by atoms with Gasteiger partial charge in [-0.25, -0.2) is 0 Å². The molecular weight excluding hydrogens is 214 g/mol. The van der Waals surface area contributed by atoms with Gasteiger partial charge in [0.1, 0.15) is 5.75 Å². The van der Waals surface area contributed by atoms with E-state index < -0.39 is 0 Å². The molecule has 0 aliphatic rings. The molecule has 1 aromatic carbocycles. The summed E-state index contributed by atoms with van der Waals surface area (Å²) in [5.74, 6) is 0.787. The van der Waals surface area contributed by atoms with E-state index in [1.54, 1.807) is 24.3 Å². The molecule has 1 rings (SSSR count). The first-order valence-electron chi connectivity index (χ1n) is 5.68. The summed E-state index contributed by atoms with van der Waals surface area (Å²) in [4.78, 5) is 0. The molecule has 0 aliphatic heterocycles. The molecule has 3 nitrogen and oxygen atoms in total. The van der Waals surface area contributed by atoms with E-state index in [0.29, 0.717) is 18.8 Å².